The molecule has 0 radical (unpaired) electrons. The molecule has 2 rings (SSSR count). The topological polar surface area (TPSA) is 29.5 Å². The van der Waals surface area contributed by atoms with E-state index in [1.54, 1.807) is 0 Å². The molecule has 3 nitrogen and oxygen atoms in total. The molecule has 0 unspecified atom stereocenters. The third-order valence-electron chi connectivity index (χ3n) is 4.26. The smallest absolute Gasteiger partial charge is 0.137 e. The van der Waals surface area contributed by atoms with Crippen molar-refractivity contribution in [3.63, 3.8) is 0 Å². The zero-order valence-electron chi connectivity index (χ0n) is 13.4. The first kappa shape index (κ1) is 15.8. The van der Waals surface area contributed by atoms with Gasteiger partial charge in [0.1, 0.15) is 25.0 Å². The van der Waals surface area contributed by atoms with E-state index in [2.05, 4.69) is 40.1 Å². The van der Waals surface area contributed by atoms with Crippen molar-refractivity contribution in [3.05, 3.63) is 42.5 Å². The van der Waals surface area contributed by atoms with E-state index < -0.39 is 6.10 Å². The summed E-state index contributed by atoms with van der Waals surface area (Å²) in [5, 5.41) is 12.5. The van der Waals surface area contributed by atoms with Gasteiger partial charge in [-0.1, -0.05) is 36.4 Å². The summed E-state index contributed by atoms with van der Waals surface area (Å²) in [7, 11) is 4.26. The van der Waals surface area contributed by atoms with Gasteiger partial charge in [0.05, 0.1) is 20.1 Å². The monoisotopic (exact) mass is 288 g/mol. The highest BCUT2D eigenvalue weighted by atomic mass is 16.5. The first-order valence-electron chi connectivity index (χ1n) is 7.51. The van der Waals surface area contributed by atoms with E-state index >= 15 is 0 Å². The van der Waals surface area contributed by atoms with Crippen LogP contribution in [0.1, 0.15) is 13.8 Å². The lowest BCUT2D eigenvalue weighted by atomic mass is 10.1. The van der Waals surface area contributed by atoms with Crippen molar-refractivity contribution < 1.29 is 14.3 Å². The molecule has 0 aliphatic heterocycles. The summed E-state index contributed by atoms with van der Waals surface area (Å²) in [4.78, 5) is 0. The molecule has 0 bridgehead atoms. The molecule has 1 N–H and O–H groups in total. The van der Waals surface area contributed by atoms with Gasteiger partial charge in [0.15, 0.2) is 0 Å². The number of ether oxygens (including phenoxy) is 1. The highest BCUT2D eigenvalue weighted by Crippen LogP contribution is 2.25. The fraction of sp³-hybridized carbons (Fsp3) is 0.444. The second-order valence-corrected chi connectivity index (χ2v) is 6.50. The van der Waals surface area contributed by atoms with Gasteiger partial charge in [0, 0.05) is 5.39 Å². The summed E-state index contributed by atoms with van der Waals surface area (Å²) in [5.74, 6) is 0.835. The molecule has 0 saturated heterocycles. The number of benzene rings is 2. The molecule has 0 fully saturated rings. The van der Waals surface area contributed by atoms with E-state index in [9.17, 15) is 5.11 Å². The maximum absolute atomic E-state index is 10.2. The largest absolute Gasteiger partial charge is 0.490 e. The van der Waals surface area contributed by atoms with Crippen LogP contribution in [0, 0.1) is 0 Å². The molecule has 3 heteroatoms. The Bertz CT molecular complexity index is 587. The van der Waals surface area contributed by atoms with Crippen LogP contribution < -0.4 is 4.74 Å². The van der Waals surface area contributed by atoms with E-state index in [0.29, 0.717) is 19.2 Å². The molecule has 114 valence electrons. The van der Waals surface area contributed by atoms with Crippen molar-refractivity contribution in [2.75, 3.05) is 27.2 Å². The molecule has 1 atom stereocenters. The number of aliphatic hydroxyl groups is 1. The maximum Gasteiger partial charge on any atom is 0.137 e. The number of fused-ring (bicyclic) bond motifs is 1. The Morgan fingerprint density at radius 2 is 1.71 bits per heavy atom. The lowest BCUT2D eigenvalue weighted by Gasteiger charge is -2.35. The Kier molecular flexibility index (Phi) is 4.86. The quantitative estimate of drug-likeness (QED) is 0.828. The zero-order chi connectivity index (χ0) is 15.5. The molecule has 0 amide bonds. The molecule has 0 aliphatic carbocycles. The van der Waals surface area contributed by atoms with E-state index in [4.69, 9.17) is 4.74 Å². The Morgan fingerprint density at radius 1 is 1.05 bits per heavy atom. The average Bonchev–Trinajstić information content (AvgIpc) is 2.44. The Morgan fingerprint density at radius 3 is 2.43 bits per heavy atom. The van der Waals surface area contributed by atoms with Crippen molar-refractivity contribution >= 4 is 10.8 Å². The fourth-order valence-corrected chi connectivity index (χ4v) is 2.31. The van der Waals surface area contributed by atoms with Crippen molar-refractivity contribution in [1.82, 2.24) is 0 Å². The van der Waals surface area contributed by atoms with Crippen LogP contribution in [-0.2, 0) is 0 Å². The molecule has 2 aromatic rings. The third-order valence-corrected chi connectivity index (χ3v) is 4.26. The predicted octanol–water partition coefficient (Wildman–Crippen LogP) is 3.06. The first-order chi connectivity index (χ1) is 9.90. The minimum absolute atomic E-state index is 0.322. The zero-order valence-corrected chi connectivity index (χ0v) is 13.4. The maximum atomic E-state index is 10.2. The van der Waals surface area contributed by atoms with Crippen LogP contribution in [0.2, 0.25) is 0 Å². The van der Waals surface area contributed by atoms with Crippen molar-refractivity contribution in [1.29, 1.82) is 0 Å². The SMILES string of the molecule is CC(C)[N+](C)(C)C[C@@H](O)COc1cccc2ccccc12. The van der Waals surface area contributed by atoms with Crippen LogP contribution in [0.5, 0.6) is 5.75 Å². The van der Waals surface area contributed by atoms with Gasteiger partial charge in [0.25, 0.3) is 0 Å². The highest BCUT2D eigenvalue weighted by molar-refractivity contribution is 5.88. The second-order valence-electron chi connectivity index (χ2n) is 6.50. The molecule has 0 spiro atoms. The minimum atomic E-state index is -0.471. The second kappa shape index (κ2) is 6.46. The summed E-state index contributed by atoms with van der Waals surface area (Å²) in [6, 6.07) is 14.6. The normalized spacial score (nSPS) is 13.6. The van der Waals surface area contributed by atoms with Gasteiger partial charge in [-0.05, 0) is 25.3 Å². The number of aliphatic hydroxyl groups excluding tert-OH is 1. The standard InChI is InChI=1S/C18H26NO2/c1-14(2)19(3,4)12-16(20)13-21-18-11-7-9-15-8-5-6-10-17(15)18/h5-11,14,16,20H,12-13H2,1-4H3/q+1/t16-/m1/s1. The molecule has 0 aromatic heterocycles. The molecular weight excluding hydrogens is 262 g/mol. The van der Waals surface area contributed by atoms with Gasteiger partial charge < -0.3 is 14.3 Å². The fourth-order valence-electron chi connectivity index (χ4n) is 2.31. The van der Waals surface area contributed by atoms with Gasteiger partial charge in [-0.3, -0.25) is 0 Å². The molecular formula is C18H26NO2+. The van der Waals surface area contributed by atoms with Crippen molar-refractivity contribution in [2.45, 2.75) is 26.0 Å². The summed E-state index contributed by atoms with van der Waals surface area (Å²) in [6.07, 6.45) is -0.471. The van der Waals surface area contributed by atoms with Crippen LogP contribution in [-0.4, -0.2) is 49.0 Å². The van der Waals surface area contributed by atoms with Gasteiger partial charge in [-0.25, -0.2) is 0 Å². The van der Waals surface area contributed by atoms with Gasteiger partial charge in [-0.2, -0.15) is 0 Å². The number of hydrogen-bond acceptors (Lipinski definition) is 2. The Balaban J connectivity index is 2.02. The molecule has 0 saturated carbocycles. The summed E-state index contributed by atoms with van der Waals surface area (Å²) >= 11 is 0. The van der Waals surface area contributed by atoms with Gasteiger partial charge in [-0.15, -0.1) is 0 Å². The van der Waals surface area contributed by atoms with Gasteiger partial charge >= 0.3 is 0 Å². The van der Waals surface area contributed by atoms with Gasteiger partial charge in [0.2, 0.25) is 0 Å². The average molecular weight is 288 g/mol. The van der Waals surface area contributed by atoms with Crippen molar-refractivity contribution in [3.8, 4) is 5.75 Å². The number of quaternary nitrogens is 1. The van der Waals surface area contributed by atoms with Crippen LogP contribution in [0.4, 0.5) is 0 Å². The van der Waals surface area contributed by atoms with Crippen LogP contribution in [0.3, 0.4) is 0 Å². The number of hydrogen-bond donors (Lipinski definition) is 1. The Hall–Kier alpha value is -1.58. The molecule has 0 aliphatic rings. The lowest BCUT2D eigenvalue weighted by Crippen LogP contribution is -2.51. The Labute approximate surface area is 127 Å². The van der Waals surface area contributed by atoms with Crippen LogP contribution in [0.25, 0.3) is 10.8 Å². The third kappa shape index (κ3) is 3.96. The number of rotatable bonds is 6. The lowest BCUT2D eigenvalue weighted by molar-refractivity contribution is -0.914. The predicted molar refractivity (Wildman–Crippen MR) is 87.6 cm³/mol. The number of nitrogens with zero attached hydrogens (tertiary/aromatic N) is 1. The van der Waals surface area contributed by atoms with E-state index in [0.717, 1.165) is 21.0 Å². The molecule has 0 heterocycles. The molecule has 2 aromatic carbocycles. The number of likely N-dealkylation sites (N-methyl/N-ethyl adjacent to an activating group) is 1. The summed E-state index contributed by atoms with van der Waals surface area (Å²) in [6.45, 7) is 5.33. The van der Waals surface area contributed by atoms with E-state index in [-0.39, 0.29) is 0 Å². The summed E-state index contributed by atoms with van der Waals surface area (Å²) in [5.41, 5.74) is 0. The summed E-state index contributed by atoms with van der Waals surface area (Å²) < 4.78 is 6.62. The van der Waals surface area contributed by atoms with E-state index in [1.165, 1.54) is 0 Å². The van der Waals surface area contributed by atoms with Crippen molar-refractivity contribution in [2.24, 2.45) is 0 Å². The van der Waals surface area contributed by atoms with Crippen LogP contribution >= 0.6 is 0 Å². The van der Waals surface area contributed by atoms with Crippen LogP contribution in [0.15, 0.2) is 42.5 Å². The minimum Gasteiger partial charge on any atom is -0.490 e. The highest BCUT2D eigenvalue weighted by Gasteiger charge is 2.24. The van der Waals surface area contributed by atoms with E-state index in [1.807, 2.05) is 30.3 Å². The molecule has 21 heavy (non-hydrogen) atoms. The first-order valence-corrected chi connectivity index (χ1v) is 7.51.